The molecule has 162 valence electrons. The average molecular weight is 418 g/mol. The first-order chi connectivity index (χ1) is 15.2. The topological polar surface area (TPSA) is 47.4 Å². The van der Waals surface area contributed by atoms with Gasteiger partial charge in [-0.15, -0.1) is 0 Å². The van der Waals surface area contributed by atoms with Crippen molar-refractivity contribution in [2.24, 2.45) is 0 Å². The van der Waals surface area contributed by atoms with Gasteiger partial charge >= 0.3 is 0 Å². The second-order valence-electron chi connectivity index (χ2n) is 8.16. The number of rotatable bonds is 6. The number of hydrogen-bond acceptors (Lipinski definition) is 3. The summed E-state index contributed by atoms with van der Waals surface area (Å²) in [5, 5.41) is 4.58. The lowest BCUT2D eigenvalue weighted by molar-refractivity contribution is 0.0760. The third kappa shape index (κ3) is 4.50. The summed E-state index contributed by atoms with van der Waals surface area (Å²) in [6.45, 7) is 3.68. The lowest BCUT2D eigenvalue weighted by Gasteiger charge is -2.21. The van der Waals surface area contributed by atoms with Crippen LogP contribution in [0.25, 0.3) is 5.69 Å². The first-order valence-corrected chi connectivity index (χ1v) is 11.3. The lowest BCUT2D eigenvalue weighted by atomic mass is 9.91. The van der Waals surface area contributed by atoms with Crippen LogP contribution in [0.2, 0.25) is 0 Å². The van der Waals surface area contributed by atoms with E-state index in [4.69, 9.17) is 4.74 Å². The van der Waals surface area contributed by atoms with Crippen molar-refractivity contribution in [1.82, 2.24) is 14.7 Å². The van der Waals surface area contributed by atoms with Gasteiger partial charge in [-0.3, -0.25) is 4.79 Å². The number of hydrogen-bond donors (Lipinski definition) is 0. The zero-order chi connectivity index (χ0) is 21.6. The molecule has 0 N–H and O–H groups in total. The van der Waals surface area contributed by atoms with E-state index in [-0.39, 0.29) is 5.91 Å². The molecule has 1 amide bonds. The van der Waals surface area contributed by atoms with Crippen LogP contribution in [-0.4, -0.2) is 40.8 Å². The highest BCUT2D eigenvalue weighted by Gasteiger charge is 2.27. The fourth-order valence-electron chi connectivity index (χ4n) is 4.61. The molecule has 1 saturated heterocycles. The maximum atomic E-state index is 13.5. The molecule has 1 atom stereocenters. The molecule has 1 fully saturated rings. The Kier molecular flexibility index (Phi) is 6.70. The summed E-state index contributed by atoms with van der Waals surface area (Å²) in [6.07, 6.45) is 6.55. The second-order valence-corrected chi connectivity index (χ2v) is 8.16. The predicted octanol–water partition coefficient (Wildman–Crippen LogP) is 5.24. The fourth-order valence-corrected chi connectivity index (χ4v) is 4.61. The van der Waals surface area contributed by atoms with Crippen molar-refractivity contribution in [3.8, 4) is 11.4 Å². The Morgan fingerprint density at radius 3 is 2.61 bits per heavy atom. The molecule has 5 nitrogen and oxygen atoms in total. The van der Waals surface area contributed by atoms with Crippen LogP contribution < -0.4 is 4.74 Å². The van der Waals surface area contributed by atoms with Crippen molar-refractivity contribution in [3.05, 3.63) is 77.6 Å². The Hall–Kier alpha value is -3.08. The SMILES string of the molecule is CCCc1c(C(=O)N2CCCC(c3ccccc3OC)CC2)cnn1-c1ccccc1. The van der Waals surface area contributed by atoms with E-state index in [0.29, 0.717) is 5.92 Å². The maximum absolute atomic E-state index is 13.5. The largest absolute Gasteiger partial charge is 0.496 e. The number of nitrogens with zero attached hydrogens (tertiary/aromatic N) is 3. The third-order valence-corrected chi connectivity index (χ3v) is 6.18. The van der Waals surface area contributed by atoms with Gasteiger partial charge in [0.15, 0.2) is 0 Å². The predicted molar refractivity (Wildman–Crippen MR) is 123 cm³/mol. The highest BCUT2D eigenvalue weighted by molar-refractivity contribution is 5.95. The van der Waals surface area contributed by atoms with Gasteiger partial charge in [0.25, 0.3) is 5.91 Å². The number of likely N-dealkylation sites (tertiary alicyclic amines) is 1. The van der Waals surface area contributed by atoms with E-state index in [1.54, 1.807) is 13.3 Å². The Morgan fingerprint density at radius 2 is 1.84 bits per heavy atom. The third-order valence-electron chi connectivity index (χ3n) is 6.18. The van der Waals surface area contributed by atoms with Crippen molar-refractivity contribution in [3.63, 3.8) is 0 Å². The number of amides is 1. The van der Waals surface area contributed by atoms with Gasteiger partial charge < -0.3 is 9.64 Å². The van der Waals surface area contributed by atoms with Crippen LogP contribution in [0.4, 0.5) is 0 Å². The summed E-state index contributed by atoms with van der Waals surface area (Å²) in [6, 6.07) is 18.3. The van der Waals surface area contributed by atoms with E-state index >= 15 is 0 Å². The van der Waals surface area contributed by atoms with Gasteiger partial charge in [-0.25, -0.2) is 4.68 Å². The standard InChI is InChI=1S/C26H31N3O2/c1-3-10-24-23(19-27-29(24)21-12-5-4-6-13-21)26(30)28-17-9-11-20(16-18-28)22-14-7-8-15-25(22)31-2/h4-8,12-15,19-20H,3,9-11,16-18H2,1-2H3. The summed E-state index contributed by atoms with van der Waals surface area (Å²) in [4.78, 5) is 15.5. The quantitative estimate of drug-likeness (QED) is 0.551. The summed E-state index contributed by atoms with van der Waals surface area (Å²) in [7, 11) is 1.73. The first-order valence-electron chi connectivity index (χ1n) is 11.3. The van der Waals surface area contributed by atoms with Crippen LogP contribution in [0, 0.1) is 0 Å². The van der Waals surface area contributed by atoms with Gasteiger partial charge in [0.1, 0.15) is 5.75 Å². The zero-order valence-corrected chi connectivity index (χ0v) is 18.5. The van der Waals surface area contributed by atoms with E-state index < -0.39 is 0 Å². The molecule has 4 rings (SSSR count). The minimum atomic E-state index is 0.103. The normalized spacial score (nSPS) is 16.7. The van der Waals surface area contributed by atoms with Crippen molar-refractivity contribution in [1.29, 1.82) is 0 Å². The van der Waals surface area contributed by atoms with E-state index in [0.717, 1.165) is 67.9 Å². The van der Waals surface area contributed by atoms with Crippen molar-refractivity contribution < 1.29 is 9.53 Å². The number of carbonyl (C=O) groups excluding carboxylic acids is 1. The van der Waals surface area contributed by atoms with Crippen LogP contribution in [-0.2, 0) is 6.42 Å². The summed E-state index contributed by atoms with van der Waals surface area (Å²) >= 11 is 0. The van der Waals surface area contributed by atoms with E-state index in [9.17, 15) is 4.79 Å². The smallest absolute Gasteiger partial charge is 0.257 e. The molecule has 0 bridgehead atoms. The molecule has 1 aliphatic heterocycles. The van der Waals surface area contributed by atoms with Gasteiger partial charge in [-0.05, 0) is 55.4 Å². The highest BCUT2D eigenvalue weighted by atomic mass is 16.5. The molecular weight excluding hydrogens is 386 g/mol. The van der Waals surface area contributed by atoms with Crippen LogP contribution in [0.1, 0.15) is 60.1 Å². The van der Waals surface area contributed by atoms with Crippen LogP contribution in [0.15, 0.2) is 60.8 Å². The summed E-state index contributed by atoms with van der Waals surface area (Å²) in [5.41, 5.74) is 3.99. The number of ether oxygens (including phenoxy) is 1. The Labute approximate surface area is 184 Å². The monoisotopic (exact) mass is 417 g/mol. The minimum Gasteiger partial charge on any atom is -0.496 e. The van der Waals surface area contributed by atoms with Crippen molar-refractivity contribution in [2.75, 3.05) is 20.2 Å². The molecule has 1 aromatic heterocycles. The van der Waals surface area contributed by atoms with Crippen LogP contribution in [0.3, 0.4) is 0 Å². The second kappa shape index (κ2) is 9.82. The van der Waals surface area contributed by atoms with Gasteiger partial charge in [0.05, 0.1) is 30.3 Å². The van der Waals surface area contributed by atoms with Gasteiger partial charge in [0, 0.05) is 13.1 Å². The maximum Gasteiger partial charge on any atom is 0.257 e. The molecule has 0 radical (unpaired) electrons. The summed E-state index contributed by atoms with van der Waals surface area (Å²) < 4.78 is 7.50. The molecule has 1 unspecified atom stereocenters. The Morgan fingerprint density at radius 1 is 1.06 bits per heavy atom. The first kappa shape index (κ1) is 21.2. The number of benzene rings is 2. The Bertz CT molecular complexity index is 1010. The van der Waals surface area contributed by atoms with E-state index in [1.165, 1.54) is 5.56 Å². The molecule has 2 heterocycles. The number of aromatic nitrogens is 2. The lowest BCUT2D eigenvalue weighted by Crippen LogP contribution is -2.32. The molecular formula is C26H31N3O2. The van der Waals surface area contributed by atoms with Gasteiger partial charge in [0.2, 0.25) is 0 Å². The molecule has 0 spiro atoms. The molecule has 2 aromatic carbocycles. The molecule has 1 aliphatic rings. The van der Waals surface area contributed by atoms with Gasteiger partial charge in [-0.2, -0.15) is 5.10 Å². The minimum absolute atomic E-state index is 0.103. The van der Waals surface area contributed by atoms with E-state index in [2.05, 4.69) is 24.2 Å². The molecule has 0 saturated carbocycles. The fraction of sp³-hybridized carbons (Fsp3) is 0.385. The summed E-state index contributed by atoms with van der Waals surface area (Å²) in [5.74, 6) is 1.46. The van der Waals surface area contributed by atoms with E-state index in [1.807, 2.05) is 52.0 Å². The number of para-hydroxylation sites is 2. The van der Waals surface area contributed by atoms with Crippen molar-refractivity contribution >= 4 is 5.91 Å². The Balaban J connectivity index is 1.54. The van der Waals surface area contributed by atoms with Crippen LogP contribution >= 0.6 is 0 Å². The highest BCUT2D eigenvalue weighted by Crippen LogP contribution is 2.34. The number of methoxy groups -OCH3 is 1. The van der Waals surface area contributed by atoms with Crippen molar-refractivity contribution in [2.45, 2.75) is 44.9 Å². The number of carbonyl (C=O) groups is 1. The average Bonchev–Trinajstić information content (AvgIpc) is 3.07. The molecule has 5 heteroatoms. The molecule has 0 aliphatic carbocycles. The van der Waals surface area contributed by atoms with Gasteiger partial charge in [-0.1, -0.05) is 49.7 Å². The van der Waals surface area contributed by atoms with Crippen LogP contribution in [0.5, 0.6) is 5.75 Å². The zero-order valence-electron chi connectivity index (χ0n) is 18.5. The molecule has 3 aromatic rings. The molecule has 31 heavy (non-hydrogen) atoms.